The van der Waals surface area contributed by atoms with E-state index >= 15 is 0 Å². The molecular formula is C26H39NO6. The fourth-order valence-electron chi connectivity index (χ4n) is 4.07. The number of methoxy groups -OCH3 is 1. The standard InChI is InChI=1S/C26H39NO6/c1-25(2,3)19-14-17(15-20(23(19)30)26(4,5)6)8-9-22(29)33-16-21(28)27-12-10-18(11-13-27)24(31)32-7/h14-15,18,30H,8-13,16H2,1-7H3. The third-order valence-electron chi connectivity index (χ3n) is 6.14. The maximum Gasteiger partial charge on any atom is 0.308 e. The summed E-state index contributed by atoms with van der Waals surface area (Å²) in [5, 5.41) is 10.8. The minimum Gasteiger partial charge on any atom is -0.507 e. The number of benzene rings is 1. The van der Waals surface area contributed by atoms with E-state index in [2.05, 4.69) is 0 Å². The van der Waals surface area contributed by atoms with Gasteiger partial charge in [0.25, 0.3) is 5.91 Å². The number of rotatable bonds is 6. The molecule has 0 aromatic heterocycles. The van der Waals surface area contributed by atoms with Crippen LogP contribution in [0.2, 0.25) is 0 Å². The lowest BCUT2D eigenvalue weighted by atomic mass is 9.78. The monoisotopic (exact) mass is 461 g/mol. The van der Waals surface area contributed by atoms with E-state index in [4.69, 9.17) is 9.47 Å². The minimum absolute atomic E-state index is 0.148. The van der Waals surface area contributed by atoms with Gasteiger partial charge < -0.3 is 19.5 Å². The molecule has 1 aliphatic rings. The van der Waals surface area contributed by atoms with Crippen LogP contribution >= 0.6 is 0 Å². The summed E-state index contributed by atoms with van der Waals surface area (Å²) in [6.45, 7) is 12.9. The Morgan fingerprint density at radius 2 is 1.52 bits per heavy atom. The molecule has 2 rings (SSSR count). The molecule has 0 aliphatic carbocycles. The summed E-state index contributed by atoms with van der Waals surface area (Å²) in [5.41, 5.74) is 2.17. The van der Waals surface area contributed by atoms with Gasteiger partial charge in [-0.1, -0.05) is 53.7 Å². The third-order valence-corrected chi connectivity index (χ3v) is 6.14. The molecule has 0 bridgehead atoms. The molecular weight excluding hydrogens is 422 g/mol. The number of phenolic OH excluding ortho intramolecular Hbond substituents is 1. The van der Waals surface area contributed by atoms with Crippen LogP contribution in [0.25, 0.3) is 0 Å². The van der Waals surface area contributed by atoms with Crippen LogP contribution in [0.3, 0.4) is 0 Å². The Hall–Kier alpha value is -2.57. The van der Waals surface area contributed by atoms with Gasteiger partial charge in [-0.25, -0.2) is 0 Å². The molecule has 0 radical (unpaired) electrons. The number of esters is 2. The SMILES string of the molecule is COC(=O)C1CCN(C(=O)COC(=O)CCc2cc(C(C)(C)C)c(O)c(C(C)(C)C)c2)CC1. The van der Waals surface area contributed by atoms with Crippen molar-refractivity contribution in [1.29, 1.82) is 0 Å². The van der Waals surface area contributed by atoms with E-state index in [1.807, 2.05) is 53.7 Å². The van der Waals surface area contributed by atoms with Crippen LogP contribution in [-0.2, 0) is 41.1 Å². The predicted molar refractivity (Wildman–Crippen MR) is 126 cm³/mol. The van der Waals surface area contributed by atoms with E-state index in [1.54, 1.807) is 4.90 Å². The molecule has 7 heteroatoms. The van der Waals surface area contributed by atoms with E-state index in [9.17, 15) is 19.5 Å². The van der Waals surface area contributed by atoms with Crippen molar-refractivity contribution < 1.29 is 29.0 Å². The van der Waals surface area contributed by atoms with Crippen molar-refractivity contribution in [2.45, 2.75) is 78.1 Å². The quantitative estimate of drug-likeness (QED) is 0.647. The summed E-state index contributed by atoms with van der Waals surface area (Å²) in [6.07, 6.45) is 1.72. The summed E-state index contributed by atoms with van der Waals surface area (Å²) < 4.78 is 9.98. The van der Waals surface area contributed by atoms with Crippen LogP contribution in [0.4, 0.5) is 0 Å². The van der Waals surface area contributed by atoms with Crippen molar-refractivity contribution in [2.24, 2.45) is 5.92 Å². The Labute approximate surface area is 197 Å². The van der Waals surface area contributed by atoms with Crippen LogP contribution < -0.4 is 0 Å². The second-order valence-electron chi connectivity index (χ2n) is 10.9. The molecule has 1 aromatic rings. The van der Waals surface area contributed by atoms with Crippen molar-refractivity contribution in [3.63, 3.8) is 0 Å². The Balaban J connectivity index is 1.93. The van der Waals surface area contributed by atoms with Gasteiger partial charge in [0.2, 0.25) is 0 Å². The molecule has 184 valence electrons. The van der Waals surface area contributed by atoms with Crippen molar-refractivity contribution in [3.8, 4) is 5.75 Å². The number of ether oxygens (including phenoxy) is 2. The molecule has 33 heavy (non-hydrogen) atoms. The average molecular weight is 462 g/mol. The van der Waals surface area contributed by atoms with Gasteiger partial charge in [-0.15, -0.1) is 0 Å². The number of likely N-dealkylation sites (tertiary alicyclic amines) is 1. The van der Waals surface area contributed by atoms with Crippen LogP contribution in [-0.4, -0.2) is 54.7 Å². The predicted octanol–water partition coefficient (Wildman–Crippen LogP) is 3.87. The highest BCUT2D eigenvalue weighted by atomic mass is 16.5. The molecule has 1 aliphatic heterocycles. The Morgan fingerprint density at radius 1 is 1.00 bits per heavy atom. The highest BCUT2D eigenvalue weighted by Gasteiger charge is 2.29. The molecule has 0 saturated carbocycles. The van der Waals surface area contributed by atoms with Gasteiger partial charge >= 0.3 is 11.9 Å². The summed E-state index contributed by atoms with van der Waals surface area (Å²) in [5.74, 6) is -0.797. The zero-order valence-corrected chi connectivity index (χ0v) is 21.1. The Morgan fingerprint density at radius 3 is 1.97 bits per heavy atom. The van der Waals surface area contributed by atoms with Gasteiger partial charge in [0, 0.05) is 19.5 Å². The van der Waals surface area contributed by atoms with Gasteiger partial charge in [0.15, 0.2) is 6.61 Å². The highest BCUT2D eigenvalue weighted by molar-refractivity contribution is 5.81. The van der Waals surface area contributed by atoms with Crippen molar-refractivity contribution in [2.75, 3.05) is 26.8 Å². The molecule has 7 nitrogen and oxygen atoms in total. The molecule has 1 fully saturated rings. The number of aryl methyl sites for hydroxylation is 1. The number of nitrogens with zero attached hydrogens (tertiary/aromatic N) is 1. The molecule has 1 heterocycles. The molecule has 0 spiro atoms. The van der Waals surface area contributed by atoms with Crippen molar-refractivity contribution >= 4 is 17.8 Å². The lowest BCUT2D eigenvalue weighted by Crippen LogP contribution is -2.42. The van der Waals surface area contributed by atoms with E-state index in [-0.39, 0.29) is 41.7 Å². The molecule has 0 atom stereocenters. The first-order valence-electron chi connectivity index (χ1n) is 11.6. The number of phenols is 1. The van der Waals surface area contributed by atoms with E-state index in [1.165, 1.54) is 7.11 Å². The third kappa shape index (κ3) is 7.21. The highest BCUT2D eigenvalue weighted by Crippen LogP contribution is 2.40. The fourth-order valence-corrected chi connectivity index (χ4v) is 4.07. The van der Waals surface area contributed by atoms with Gasteiger partial charge in [-0.2, -0.15) is 0 Å². The average Bonchev–Trinajstić information content (AvgIpc) is 2.74. The van der Waals surface area contributed by atoms with Crippen LogP contribution in [0, 0.1) is 5.92 Å². The maximum absolute atomic E-state index is 12.4. The number of amides is 1. The molecule has 1 amide bonds. The first-order chi connectivity index (χ1) is 15.2. The largest absolute Gasteiger partial charge is 0.507 e. The maximum atomic E-state index is 12.4. The summed E-state index contributed by atoms with van der Waals surface area (Å²) in [4.78, 5) is 37.9. The number of hydrogen-bond acceptors (Lipinski definition) is 6. The van der Waals surface area contributed by atoms with Crippen LogP contribution in [0.1, 0.15) is 77.5 Å². The Kier molecular flexibility index (Phi) is 8.55. The summed E-state index contributed by atoms with van der Waals surface area (Å²) >= 11 is 0. The first kappa shape index (κ1) is 26.7. The number of hydrogen-bond donors (Lipinski definition) is 1. The van der Waals surface area contributed by atoms with E-state index in [0.717, 1.165) is 16.7 Å². The lowest BCUT2D eigenvalue weighted by molar-refractivity contribution is -0.154. The van der Waals surface area contributed by atoms with Gasteiger partial charge in [0.1, 0.15) is 5.75 Å². The second kappa shape index (κ2) is 10.6. The second-order valence-corrected chi connectivity index (χ2v) is 10.9. The smallest absolute Gasteiger partial charge is 0.308 e. The van der Waals surface area contributed by atoms with Crippen molar-refractivity contribution in [3.05, 3.63) is 28.8 Å². The number of piperidine rings is 1. The van der Waals surface area contributed by atoms with Gasteiger partial charge in [-0.3, -0.25) is 14.4 Å². The lowest BCUT2D eigenvalue weighted by Gasteiger charge is -2.30. The van der Waals surface area contributed by atoms with Crippen LogP contribution in [0.15, 0.2) is 12.1 Å². The summed E-state index contributed by atoms with van der Waals surface area (Å²) in [7, 11) is 1.37. The normalized spacial score (nSPS) is 15.3. The van der Waals surface area contributed by atoms with Gasteiger partial charge in [-0.05, 0) is 46.8 Å². The number of carbonyl (C=O) groups is 3. The number of carbonyl (C=O) groups excluding carboxylic acids is 3. The van der Waals surface area contributed by atoms with E-state index in [0.29, 0.717) is 38.1 Å². The zero-order valence-electron chi connectivity index (χ0n) is 21.1. The summed E-state index contributed by atoms with van der Waals surface area (Å²) in [6, 6.07) is 3.91. The topological polar surface area (TPSA) is 93.1 Å². The first-order valence-corrected chi connectivity index (χ1v) is 11.6. The number of aromatic hydroxyl groups is 1. The minimum atomic E-state index is -0.435. The van der Waals surface area contributed by atoms with Gasteiger partial charge in [0.05, 0.1) is 13.0 Å². The van der Waals surface area contributed by atoms with E-state index < -0.39 is 5.97 Å². The van der Waals surface area contributed by atoms with Crippen LogP contribution in [0.5, 0.6) is 5.75 Å². The molecule has 1 aromatic carbocycles. The molecule has 0 unspecified atom stereocenters. The zero-order chi connectivity index (χ0) is 25.0. The molecule has 1 saturated heterocycles. The molecule has 1 N–H and O–H groups in total. The Bertz CT molecular complexity index is 835. The van der Waals surface area contributed by atoms with Crippen molar-refractivity contribution in [1.82, 2.24) is 4.90 Å². The fraction of sp³-hybridized carbons (Fsp3) is 0.654.